The smallest absolute Gasteiger partial charge is 0.257 e. The molecule has 128 valence electrons. The Morgan fingerprint density at radius 3 is 2.68 bits per heavy atom. The third-order valence-electron chi connectivity index (χ3n) is 3.52. The lowest BCUT2D eigenvalue weighted by Crippen LogP contribution is -2.11. The van der Waals surface area contributed by atoms with Gasteiger partial charge in [0.25, 0.3) is 5.91 Å². The van der Waals surface area contributed by atoms with Gasteiger partial charge in [-0.15, -0.1) is 11.3 Å². The van der Waals surface area contributed by atoms with Crippen LogP contribution >= 0.6 is 11.3 Å². The molecule has 0 saturated carbocycles. The molecule has 0 bridgehead atoms. The minimum Gasteiger partial charge on any atom is -0.497 e. The van der Waals surface area contributed by atoms with E-state index in [1.807, 2.05) is 36.6 Å². The highest BCUT2D eigenvalue weighted by atomic mass is 32.1. The van der Waals surface area contributed by atoms with Gasteiger partial charge in [0.2, 0.25) is 0 Å². The first-order valence-electron chi connectivity index (χ1n) is 7.83. The van der Waals surface area contributed by atoms with Gasteiger partial charge in [0.15, 0.2) is 5.13 Å². The number of amides is 1. The van der Waals surface area contributed by atoms with Gasteiger partial charge in [-0.05, 0) is 43.3 Å². The van der Waals surface area contributed by atoms with Crippen LogP contribution in [0.15, 0.2) is 53.9 Å². The van der Waals surface area contributed by atoms with Crippen LogP contribution in [-0.2, 0) is 0 Å². The van der Waals surface area contributed by atoms with Gasteiger partial charge in [-0.1, -0.05) is 12.1 Å². The van der Waals surface area contributed by atoms with Gasteiger partial charge in [0.1, 0.15) is 11.5 Å². The molecular weight excluding hydrogens is 336 g/mol. The number of benzene rings is 2. The van der Waals surface area contributed by atoms with Gasteiger partial charge in [-0.3, -0.25) is 10.1 Å². The number of nitrogens with one attached hydrogen (secondary N) is 1. The van der Waals surface area contributed by atoms with E-state index in [2.05, 4.69) is 10.3 Å². The molecule has 0 atom stereocenters. The Kier molecular flexibility index (Phi) is 5.30. The number of anilines is 1. The maximum absolute atomic E-state index is 12.3. The van der Waals surface area contributed by atoms with Crippen LogP contribution in [0.3, 0.4) is 0 Å². The van der Waals surface area contributed by atoms with Crippen LogP contribution in [0.25, 0.3) is 11.3 Å². The van der Waals surface area contributed by atoms with E-state index >= 15 is 0 Å². The first-order chi connectivity index (χ1) is 12.2. The lowest BCUT2D eigenvalue weighted by Gasteiger charge is -2.05. The molecule has 6 heteroatoms. The number of hydrogen-bond acceptors (Lipinski definition) is 5. The Labute approximate surface area is 150 Å². The highest BCUT2D eigenvalue weighted by Gasteiger charge is 2.10. The summed E-state index contributed by atoms with van der Waals surface area (Å²) in [5, 5.41) is 5.28. The van der Waals surface area contributed by atoms with Gasteiger partial charge in [-0.25, -0.2) is 4.98 Å². The number of aromatic nitrogens is 1. The molecule has 0 fully saturated rings. The van der Waals surface area contributed by atoms with Crippen molar-refractivity contribution in [2.24, 2.45) is 0 Å². The predicted molar refractivity (Wildman–Crippen MR) is 99.7 cm³/mol. The second-order valence-electron chi connectivity index (χ2n) is 5.18. The first kappa shape index (κ1) is 17.0. The van der Waals surface area contributed by atoms with Crippen molar-refractivity contribution < 1.29 is 14.3 Å². The van der Waals surface area contributed by atoms with Gasteiger partial charge >= 0.3 is 0 Å². The number of carbonyl (C=O) groups is 1. The van der Waals surface area contributed by atoms with E-state index in [0.717, 1.165) is 22.8 Å². The summed E-state index contributed by atoms with van der Waals surface area (Å²) in [6.45, 7) is 2.51. The normalized spacial score (nSPS) is 10.3. The molecule has 1 N–H and O–H groups in total. The van der Waals surface area contributed by atoms with E-state index < -0.39 is 0 Å². The Morgan fingerprint density at radius 1 is 1.16 bits per heavy atom. The van der Waals surface area contributed by atoms with Crippen LogP contribution in [-0.4, -0.2) is 24.6 Å². The van der Waals surface area contributed by atoms with Gasteiger partial charge < -0.3 is 9.47 Å². The second kappa shape index (κ2) is 7.81. The topological polar surface area (TPSA) is 60.5 Å². The van der Waals surface area contributed by atoms with E-state index in [4.69, 9.17) is 9.47 Å². The van der Waals surface area contributed by atoms with Crippen molar-refractivity contribution in [3.8, 4) is 22.8 Å². The molecule has 1 amide bonds. The van der Waals surface area contributed by atoms with E-state index in [1.165, 1.54) is 11.3 Å². The fraction of sp³-hybridized carbons (Fsp3) is 0.158. The minimum atomic E-state index is -0.199. The summed E-state index contributed by atoms with van der Waals surface area (Å²) < 4.78 is 10.6. The average Bonchev–Trinajstić information content (AvgIpc) is 3.11. The molecule has 0 aliphatic carbocycles. The summed E-state index contributed by atoms with van der Waals surface area (Å²) in [5.41, 5.74) is 2.30. The van der Waals surface area contributed by atoms with E-state index in [9.17, 15) is 4.79 Å². The monoisotopic (exact) mass is 354 g/mol. The Balaban J connectivity index is 1.71. The summed E-state index contributed by atoms with van der Waals surface area (Å²) in [4.78, 5) is 16.8. The summed E-state index contributed by atoms with van der Waals surface area (Å²) in [5.74, 6) is 1.31. The summed E-state index contributed by atoms with van der Waals surface area (Å²) in [7, 11) is 1.63. The van der Waals surface area contributed by atoms with Crippen molar-refractivity contribution >= 4 is 22.4 Å². The Morgan fingerprint density at radius 2 is 1.96 bits per heavy atom. The molecule has 0 spiro atoms. The van der Waals surface area contributed by atoms with Crippen LogP contribution in [0.4, 0.5) is 5.13 Å². The Bertz CT molecular complexity index is 859. The molecule has 3 aromatic rings. The first-order valence-corrected chi connectivity index (χ1v) is 8.71. The number of rotatable bonds is 6. The van der Waals surface area contributed by atoms with Crippen molar-refractivity contribution in [3.63, 3.8) is 0 Å². The van der Waals surface area contributed by atoms with Crippen molar-refractivity contribution in [2.45, 2.75) is 6.92 Å². The fourth-order valence-corrected chi connectivity index (χ4v) is 3.00. The molecule has 1 heterocycles. The van der Waals surface area contributed by atoms with Gasteiger partial charge in [0, 0.05) is 16.5 Å². The summed E-state index contributed by atoms with van der Waals surface area (Å²) in [6.07, 6.45) is 0. The molecule has 0 radical (unpaired) electrons. The number of ether oxygens (including phenoxy) is 2. The van der Waals surface area contributed by atoms with Crippen LogP contribution in [0.5, 0.6) is 11.5 Å². The second-order valence-corrected chi connectivity index (χ2v) is 6.04. The van der Waals surface area contributed by atoms with Crippen LogP contribution in [0.2, 0.25) is 0 Å². The number of thiazole rings is 1. The molecule has 2 aromatic carbocycles. The molecule has 0 unspecified atom stereocenters. The zero-order chi connectivity index (χ0) is 17.6. The summed E-state index contributed by atoms with van der Waals surface area (Å²) in [6, 6.07) is 14.7. The molecule has 1 aromatic heterocycles. The van der Waals surface area contributed by atoms with Crippen molar-refractivity contribution in [2.75, 3.05) is 19.0 Å². The van der Waals surface area contributed by atoms with Crippen molar-refractivity contribution in [3.05, 3.63) is 59.5 Å². The maximum atomic E-state index is 12.3. The Hall–Kier alpha value is -2.86. The molecule has 0 aliphatic rings. The van der Waals surface area contributed by atoms with E-state index in [-0.39, 0.29) is 5.91 Å². The van der Waals surface area contributed by atoms with Crippen LogP contribution in [0.1, 0.15) is 17.3 Å². The number of nitrogens with zero attached hydrogens (tertiary/aromatic N) is 1. The third kappa shape index (κ3) is 4.16. The lowest BCUT2D eigenvalue weighted by molar-refractivity contribution is 0.102. The van der Waals surface area contributed by atoms with Gasteiger partial charge in [0.05, 0.1) is 19.4 Å². The van der Waals surface area contributed by atoms with Crippen molar-refractivity contribution in [1.29, 1.82) is 0 Å². The zero-order valence-corrected chi connectivity index (χ0v) is 14.8. The molecule has 0 aliphatic heterocycles. The molecule has 3 rings (SSSR count). The van der Waals surface area contributed by atoms with E-state index in [1.54, 1.807) is 31.4 Å². The lowest BCUT2D eigenvalue weighted by atomic mass is 10.2. The standard InChI is InChI=1S/C19H18N2O3S/c1-3-24-15-9-7-13(8-10-15)18(22)21-19-20-17(12-25-19)14-5-4-6-16(11-14)23-2/h4-12H,3H2,1-2H3,(H,20,21,22). The molecule has 25 heavy (non-hydrogen) atoms. The number of carbonyl (C=O) groups excluding carboxylic acids is 1. The average molecular weight is 354 g/mol. The molecule has 0 saturated heterocycles. The summed E-state index contributed by atoms with van der Waals surface area (Å²) >= 11 is 1.38. The van der Waals surface area contributed by atoms with E-state index in [0.29, 0.717) is 17.3 Å². The molecular formula is C19H18N2O3S. The predicted octanol–water partition coefficient (Wildman–Crippen LogP) is 4.47. The van der Waals surface area contributed by atoms with Crippen molar-refractivity contribution in [1.82, 2.24) is 4.98 Å². The highest BCUT2D eigenvalue weighted by molar-refractivity contribution is 7.14. The quantitative estimate of drug-likeness (QED) is 0.709. The van der Waals surface area contributed by atoms with Gasteiger partial charge in [-0.2, -0.15) is 0 Å². The largest absolute Gasteiger partial charge is 0.497 e. The maximum Gasteiger partial charge on any atom is 0.257 e. The third-order valence-corrected chi connectivity index (χ3v) is 4.28. The number of methoxy groups -OCH3 is 1. The number of hydrogen-bond donors (Lipinski definition) is 1. The zero-order valence-electron chi connectivity index (χ0n) is 14.0. The highest BCUT2D eigenvalue weighted by Crippen LogP contribution is 2.27. The van der Waals surface area contributed by atoms with Crippen LogP contribution in [0, 0.1) is 0 Å². The van der Waals surface area contributed by atoms with Crippen LogP contribution < -0.4 is 14.8 Å². The molecule has 5 nitrogen and oxygen atoms in total. The SMILES string of the molecule is CCOc1ccc(C(=O)Nc2nc(-c3cccc(OC)c3)cs2)cc1. The fourth-order valence-electron chi connectivity index (χ4n) is 2.28. The minimum absolute atomic E-state index is 0.199.